The summed E-state index contributed by atoms with van der Waals surface area (Å²) in [5.74, 6) is 0.700. The molecule has 0 spiro atoms. The van der Waals surface area contributed by atoms with E-state index in [1.54, 1.807) is 30.3 Å². The lowest BCUT2D eigenvalue weighted by atomic mass is 10.5. The summed E-state index contributed by atoms with van der Waals surface area (Å²) >= 11 is 1.39. The summed E-state index contributed by atoms with van der Waals surface area (Å²) in [4.78, 5) is 11.2. The normalized spacial score (nSPS) is 10.1. The summed E-state index contributed by atoms with van der Waals surface area (Å²) in [6.07, 6.45) is 4.22. The fourth-order valence-electron chi connectivity index (χ4n) is 1.06. The van der Waals surface area contributed by atoms with E-state index in [1.807, 2.05) is 6.07 Å². The molecule has 0 amide bonds. The lowest BCUT2D eigenvalue weighted by Gasteiger charge is -1.93. The molecule has 0 radical (unpaired) electrons. The number of aldehydes is 1. The Morgan fingerprint density at radius 2 is 2.43 bits per heavy atom. The highest BCUT2D eigenvalue weighted by Crippen LogP contribution is 2.20. The highest BCUT2D eigenvalue weighted by Gasteiger charge is 2.03. The topological polar surface area (TPSA) is 44.1 Å². The van der Waals surface area contributed by atoms with Crippen molar-refractivity contribution in [2.45, 2.75) is 0 Å². The van der Waals surface area contributed by atoms with Gasteiger partial charge >= 0.3 is 0 Å². The summed E-state index contributed by atoms with van der Waals surface area (Å²) in [5.41, 5.74) is 0. The highest BCUT2D eigenvalue weighted by molar-refractivity contribution is 7.16. The molecule has 0 saturated heterocycles. The molecule has 0 unspecified atom stereocenters. The Labute approximate surface area is 84.7 Å². The summed E-state index contributed by atoms with van der Waals surface area (Å²) in [5, 5.41) is 4.99. The van der Waals surface area contributed by atoms with Crippen LogP contribution in [-0.4, -0.2) is 23.2 Å². The summed E-state index contributed by atoms with van der Waals surface area (Å²) in [7, 11) is 1.59. The fraction of sp³-hybridized carbons (Fsp3) is 0.111. The monoisotopic (exact) mass is 208 g/mol. The number of hydrogen-bond donors (Lipinski definition) is 0. The molecule has 2 aromatic rings. The summed E-state index contributed by atoms with van der Waals surface area (Å²) in [6.45, 7) is 0. The molecule has 0 bridgehead atoms. The van der Waals surface area contributed by atoms with E-state index in [4.69, 9.17) is 4.74 Å². The molecule has 14 heavy (non-hydrogen) atoms. The zero-order valence-corrected chi connectivity index (χ0v) is 8.32. The third-order valence-electron chi connectivity index (χ3n) is 1.75. The molecule has 0 saturated carbocycles. The van der Waals surface area contributed by atoms with Crippen molar-refractivity contribution in [3.05, 3.63) is 29.4 Å². The highest BCUT2D eigenvalue weighted by atomic mass is 32.1. The number of carbonyl (C=O) groups excluding carboxylic acids is 1. The molecule has 0 aliphatic rings. The second-order valence-electron chi connectivity index (χ2n) is 2.62. The van der Waals surface area contributed by atoms with E-state index in [2.05, 4.69) is 5.10 Å². The molecule has 2 rings (SSSR count). The van der Waals surface area contributed by atoms with E-state index in [0.29, 0.717) is 10.6 Å². The number of rotatable bonds is 3. The van der Waals surface area contributed by atoms with Crippen LogP contribution in [-0.2, 0) is 0 Å². The van der Waals surface area contributed by atoms with Gasteiger partial charge in [0, 0.05) is 0 Å². The van der Waals surface area contributed by atoms with Crippen LogP contribution in [0.4, 0.5) is 0 Å². The second-order valence-corrected chi connectivity index (χ2v) is 3.71. The molecule has 2 heterocycles. The van der Waals surface area contributed by atoms with Gasteiger partial charge in [0.25, 0.3) is 0 Å². The van der Waals surface area contributed by atoms with Crippen molar-refractivity contribution in [1.29, 1.82) is 0 Å². The minimum atomic E-state index is 0.689. The number of thiophene rings is 1. The first kappa shape index (κ1) is 8.96. The van der Waals surface area contributed by atoms with Gasteiger partial charge in [-0.15, -0.1) is 11.3 Å². The summed E-state index contributed by atoms with van der Waals surface area (Å²) in [6, 6.07) is 3.61. The lowest BCUT2D eigenvalue weighted by molar-refractivity contribution is 0.112. The van der Waals surface area contributed by atoms with Crippen molar-refractivity contribution in [2.75, 3.05) is 7.11 Å². The van der Waals surface area contributed by atoms with E-state index in [9.17, 15) is 4.79 Å². The maximum Gasteiger partial charge on any atom is 0.160 e. The third kappa shape index (κ3) is 1.54. The number of carbonyl (C=O) groups is 1. The van der Waals surface area contributed by atoms with Gasteiger partial charge < -0.3 is 4.74 Å². The average Bonchev–Trinajstić information content (AvgIpc) is 2.86. The Bertz CT molecular complexity index is 447. The molecule has 4 nitrogen and oxygen atoms in total. The van der Waals surface area contributed by atoms with Crippen molar-refractivity contribution in [1.82, 2.24) is 9.78 Å². The second kappa shape index (κ2) is 3.63. The molecule has 0 atom stereocenters. The number of ether oxygens (including phenoxy) is 1. The molecule has 2 aromatic heterocycles. The Balaban J connectivity index is 2.33. The maximum absolute atomic E-state index is 10.5. The van der Waals surface area contributed by atoms with E-state index in [0.717, 1.165) is 11.3 Å². The van der Waals surface area contributed by atoms with Crippen molar-refractivity contribution in [2.24, 2.45) is 0 Å². The van der Waals surface area contributed by atoms with Gasteiger partial charge in [-0.3, -0.25) is 4.79 Å². The zero-order valence-electron chi connectivity index (χ0n) is 7.51. The van der Waals surface area contributed by atoms with Crippen LogP contribution in [0.3, 0.4) is 0 Å². The number of nitrogens with zero attached hydrogens (tertiary/aromatic N) is 2. The molecule has 0 aromatic carbocycles. The van der Waals surface area contributed by atoms with Crippen LogP contribution in [0.25, 0.3) is 5.00 Å². The van der Waals surface area contributed by atoms with Gasteiger partial charge in [-0.25, -0.2) is 4.68 Å². The van der Waals surface area contributed by atoms with Gasteiger partial charge in [-0.1, -0.05) is 0 Å². The first-order valence-corrected chi connectivity index (χ1v) is 4.79. The van der Waals surface area contributed by atoms with E-state index in [-0.39, 0.29) is 0 Å². The number of aromatic nitrogens is 2. The first-order valence-electron chi connectivity index (χ1n) is 3.97. The Hall–Kier alpha value is -1.62. The molecule has 72 valence electrons. The molecule has 0 aliphatic heterocycles. The van der Waals surface area contributed by atoms with Crippen LogP contribution in [0.5, 0.6) is 5.75 Å². The number of methoxy groups -OCH3 is 1. The molecule has 0 fully saturated rings. The zero-order chi connectivity index (χ0) is 9.97. The summed E-state index contributed by atoms with van der Waals surface area (Å²) < 4.78 is 6.68. The predicted molar refractivity (Wildman–Crippen MR) is 53.4 cm³/mol. The maximum atomic E-state index is 10.5. The SMILES string of the molecule is COc1cnn(-c2ccc(C=O)s2)c1. The number of hydrogen-bond acceptors (Lipinski definition) is 4. The Kier molecular flexibility index (Phi) is 2.32. The smallest absolute Gasteiger partial charge is 0.160 e. The van der Waals surface area contributed by atoms with E-state index < -0.39 is 0 Å². The van der Waals surface area contributed by atoms with E-state index >= 15 is 0 Å². The quantitative estimate of drug-likeness (QED) is 0.722. The van der Waals surface area contributed by atoms with Gasteiger partial charge in [-0.05, 0) is 12.1 Å². The van der Waals surface area contributed by atoms with Gasteiger partial charge in [-0.2, -0.15) is 5.10 Å². The van der Waals surface area contributed by atoms with Crippen LogP contribution in [0.2, 0.25) is 0 Å². The van der Waals surface area contributed by atoms with Crippen LogP contribution >= 0.6 is 11.3 Å². The van der Waals surface area contributed by atoms with Crippen molar-refractivity contribution < 1.29 is 9.53 Å². The molecule has 0 N–H and O–H groups in total. The van der Waals surface area contributed by atoms with Gasteiger partial charge in [0.1, 0.15) is 5.00 Å². The molecule has 5 heteroatoms. The lowest BCUT2D eigenvalue weighted by Crippen LogP contribution is -1.88. The van der Waals surface area contributed by atoms with Crippen LogP contribution in [0.1, 0.15) is 9.67 Å². The molecule has 0 aliphatic carbocycles. The predicted octanol–water partition coefficient (Wildman–Crippen LogP) is 1.75. The fourth-order valence-corrected chi connectivity index (χ4v) is 1.82. The molecular weight excluding hydrogens is 200 g/mol. The minimum Gasteiger partial charge on any atom is -0.493 e. The molecular formula is C9H8N2O2S. The minimum absolute atomic E-state index is 0.689. The Morgan fingerprint density at radius 3 is 3.00 bits per heavy atom. The van der Waals surface area contributed by atoms with Crippen molar-refractivity contribution >= 4 is 17.6 Å². The third-order valence-corrected chi connectivity index (χ3v) is 2.75. The van der Waals surface area contributed by atoms with Gasteiger partial charge in [0.05, 0.1) is 24.4 Å². The van der Waals surface area contributed by atoms with Crippen LogP contribution < -0.4 is 4.74 Å². The largest absolute Gasteiger partial charge is 0.493 e. The average molecular weight is 208 g/mol. The Morgan fingerprint density at radius 1 is 1.57 bits per heavy atom. The van der Waals surface area contributed by atoms with Crippen LogP contribution in [0, 0.1) is 0 Å². The van der Waals surface area contributed by atoms with Gasteiger partial charge in [0.2, 0.25) is 0 Å². The van der Waals surface area contributed by atoms with E-state index in [1.165, 1.54) is 11.3 Å². The standard InChI is InChI=1S/C9H8N2O2S/c1-13-7-4-10-11(5-7)9-3-2-8(6-12)14-9/h2-6H,1H3. The van der Waals surface area contributed by atoms with Gasteiger partial charge in [0.15, 0.2) is 12.0 Å². The van der Waals surface area contributed by atoms with Crippen LogP contribution in [0.15, 0.2) is 24.5 Å². The van der Waals surface area contributed by atoms with Crippen molar-refractivity contribution in [3.8, 4) is 10.8 Å². The first-order chi connectivity index (χ1) is 6.83. The van der Waals surface area contributed by atoms with Crippen molar-refractivity contribution in [3.63, 3.8) is 0 Å².